The first-order chi connectivity index (χ1) is 12.5. The monoisotopic (exact) mass is 389 g/mol. The first kappa shape index (κ1) is 19.9. The van der Waals surface area contributed by atoms with Gasteiger partial charge < -0.3 is 16.0 Å². The van der Waals surface area contributed by atoms with Crippen molar-refractivity contribution in [1.29, 1.82) is 0 Å². The van der Waals surface area contributed by atoms with Gasteiger partial charge in [0, 0.05) is 28.4 Å². The van der Waals surface area contributed by atoms with Gasteiger partial charge >= 0.3 is 0 Å². The van der Waals surface area contributed by atoms with Crippen molar-refractivity contribution in [2.75, 3.05) is 10.6 Å². The van der Waals surface area contributed by atoms with Gasteiger partial charge in [0.15, 0.2) is 5.11 Å². The third-order valence-corrected chi connectivity index (χ3v) is 3.94. The van der Waals surface area contributed by atoms with E-state index in [1.54, 1.807) is 48.5 Å². The summed E-state index contributed by atoms with van der Waals surface area (Å²) in [5.41, 5.74) is 1.83. The van der Waals surface area contributed by atoms with Crippen LogP contribution in [0.25, 0.3) is 0 Å². The molecule has 0 radical (unpaired) electrons. The van der Waals surface area contributed by atoms with Crippen molar-refractivity contribution in [2.45, 2.75) is 26.2 Å². The summed E-state index contributed by atoms with van der Waals surface area (Å²) in [6.07, 6.45) is 2.23. The Morgan fingerprint density at radius 2 is 1.69 bits per heavy atom. The summed E-state index contributed by atoms with van der Waals surface area (Å²) in [4.78, 5) is 23.8. The first-order valence-corrected chi connectivity index (χ1v) is 9.04. The SMILES string of the molecule is CCCCC(=O)NC(=S)Nc1ccc(NC(=O)c2cccc(Cl)c2)cc1. The van der Waals surface area contributed by atoms with Crippen LogP contribution < -0.4 is 16.0 Å². The van der Waals surface area contributed by atoms with Gasteiger partial charge in [-0.2, -0.15) is 0 Å². The van der Waals surface area contributed by atoms with E-state index in [1.807, 2.05) is 6.92 Å². The van der Waals surface area contributed by atoms with Gasteiger partial charge in [0.1, 0.15) is 0 Å². The lowest BCUT2D eigenvalue weighted by atomic mass is 10.2. The molecule has 0 aromatic heterocycles. The second-order valence-electron chi connectivity index (χ2n) is 5.65. The standard InChI is InChI=1S/C19H20ClN3O2S/c1-2-3-7-17(24)23-19(26)22-16-10-8-15(9-11-16)21-18(25)13-5-4-6-14(20)12-13/h4-6,8-12H,2-3,7H2,1H3,(H,21,25)(H2,22,23,24,26). The van der Waals surface area contributed by atoms with Gasteiger partial charge in [0.2, 0.25) is 5.91 Å². The molecule has 2 amide bonds. The van der Waals surface area contributed by atoms with Crippen molar-refractivity contribution in [3.05, 3.63) is 59.1 Å². The number of anilines is 2. The normalized spacial score (nSPS) is 10.1. The third-order valence-electron chi connectivity index (χ3n) is 3.50. The van der Waals surface area contributed by atoms with E-state index in [0.29, 0.717) is 28.4 Å². The molecule has 3 N–H and O–H groups in total. The fourth-order valence-electron chi connectivity index (χ4n) is 2.16. The van der Waals surface area contributed by atoms with Crippen molar-refractivity contribution >= 4 is 52.1 Å². The molecule has 0 heterocycles. The van der Waals surface area contributed by atoms with Crippen LogP contribution in [0.15, 0.2) is 48.5 Å². The average molecular weight is 390 g/mol. The van der Waals surface area contributed by atoms with Crippen LogP contribution in [-0.2, 0) is 4.79 Å². The van der Waals surface area contributed by atoms with Crippen molar-refractivity contribution in [1.82, 2.24) is 5.32 Å². The molecule has 2 aromatic carbocycles. The van der Waals surface area contributed by atoms with E-state index in [-0.39, 0.29) is 16.9 Å². The Balaban J connectivity index is 1.88. The number of carbonyl (C=O) groups excluding carboxylic acids is 2. The molecule has 0 fully saturated rings. The maximum Gasteiger partial charge on any atom is 0.255 e. The molecular weight excluding hydrogens is 370 g/mol. The van der Waals surface area contributed by atoms with Crippen molar-refractivity contribution in [3.8, 4) is 0 Å². The van der Waals surface area contributed by atoms with Gasteiger partial charge in [-0.25, -0.2) is 0 Å². The molecule has 5 nitrogen and oxygen atoms in total. The van der Waals surface area contributed by atoms with E-state index in [1.165, 1.54) is 0 Å². The summed E-state index contributed by atoms with van der Waals surface area (Å²) in [6, 6.07) is 13.7. The zero-order chi connectivity index (χ0) is 18.9. The zero-order valence-corrected chi connectivity index (χ0v) is 15.9. The molecule has 0 spiro atoms. The first-order valence-electron chi connectivity index (χ1n) is 8.25. The topological polar surface area (TPSA) is 70.2 Å². The van der Waals surface area contributed by atoms with E-state index in [2.05, 4.69) is 16.0 Å². The number of nitrogens with one attached hydrogen (secondary N) is 3. The van der Waals surface area contributed by atoms with E-state index in [9.17, 15) is 9.59 Å². The average Bonchev–Trinajstić information content (AvgIpc) is 2.61. The minimum absolute atomic E-state index is 0.102. The van der Waals surface area contributed by atoms with Gasteiger partial charge in [-0.1, -0.05) is 31.0 Å². The quantitative estimate of drug-likeness (QED) is 0.631. The van der Waals surface area contributed by atoms with Crippen LogP contribution in [0.5, 0.6) is 0 Å². The number of thiocarbonyl (C=S) groups is 1. The second kappa shape index (κ2) is 9.89. The van der Waals surface area contributed by atoms with Gasteiger partial charge in [0.05, 0.1) is 0 Å². The fraction of sp³-hybridized carbons (Fsp3) is 0.211. The molecule has 0 saturated heterocycles. The summed E-state index contributed by atoms with van der Waals surface area (Å²) in [5.74, 6) is -0.346. The number of benzene rings is 2. The molecule has 0 saturated carbocycles. The van der Waals surface area contributed by atoms with E-state index in [4.69, 9.17) is 23.8 Å². The number of hydrogen-bond acceptors (Lipinski definition) is 3. The number of carbonyl (C=O) groups is 2. The molecule has 7 heteroatoms. The second-order valence-corrected chi connectivity index (χ2v) is 6.49. The highest BCUT2D eigenvalue weighted by Crippen LogP contribution is 2.16. The zero-order valence-electron chi connectivity index (χ0n) is 14.3. The smallest absolute Gasteiger partial charge is 0.255 e. The van der Waals surface area contributed by atoms with Gasteiger partial charge in [-0.15, -0.1) is 0 Å². The number of hydrogen-bond donors (Lipinski definition) is 3. The van der Waals surface area contributed by atoms with Crippen molar-refractivity contribution in [3.63, 3.8) is 0 Å². The van der Waals surface area contributed by atoms with Crippen LogP contribution >= 0.6 is 23.8 Å². The summed E-state index contributed by atoms with van der Waals surface area (Å²) in [5, 5.41) is 9.13. The molecule has 0 aliphatic carbocycles. The van der Waals surface area contributed by atoms with Crippen LogP contribution in [0, 0.1) is 0 Å². The highest BCUT2D eigenvalue weighted by Gasteiger charge is 2.07. The van der Waals surface area contributed by atoms with Crippen molar-refractivity contribution in [2.24, 2.45) is 0 Å². The fourth-order valence-corrected chi connectivity index (χ4v) is 2.58. The minimum atomic E-state index is -0.244. The van der Waals surface area contributed by atoms with Crippen LogP contribution in [0.4, 0.5) is 11.4 Å². The summed E-state index contributed by atoms with van der Waals surface area (Å²) in [7, 11) is 0. The van der Waals surface area contributed by atoms with Crippen LogP contribution in [0.2, 0.25) is 5.02 Å². The summed E-state index contributed by atoms with van der Waals surface area (Å²) >= 11 is 11.0. The highest BCUT2D eigenvalue weighted by molar-refractivity contribution is 7.80. The molecule has 0 unspecified atom stereocenters. The summed E-state index contributed by atoms with van der Waals surface area (Å²) < 4.78 is 0. The maximum absolute atomic E-state index is 12.2. The lowest BCUT2D eigenvalue weighted by molar-refractivity contribution is -0.119. The van der Waals surface area contributed by atoms with Gasteiger partial charge in [-0.3, -0.25) is 9.59 Å². The van der Waals surface area contributed by atoms with E-state index in [0.717, 1.165) is 12.8 Å². The largest absolute Gasteiger partial charge is 0.332 e. The maximum atomic E-state index is 12.2. The number of unbranched alkanes of at least 4 members (excludes halogenated alkanes) is 1. The lowest BCUT2D eigenvalue weighted by Crippen LogP contribution is -2.33. The molecule has 0 aliphatic rings. The molecule has 2 rings (SSSR count). The Labute approximate surface area is 163 Å². The van der Waals surface area contributed by atoms with Crippen molar-refractivity contribution < 1.29 is 9.59 Å². The Morgan fingerprint density at radius 1 is 1.04 bits per heavy atom. The number of amides is 2. The Hall–Kier alpha value is -2.44. The number of rotatable bonds is 6. The van der Waals surface area contributed by atoms with Crippen LogP contribution in [0.1, 0.15) is 36.5 Å². The molecule has 0 bridgehead atoms. The molecular formula is C19H20ClN3O2S. The summed E-state index contributed by atoms with van der Waals surface area (Å²) in [6.45, 7) is 2.02. The molecule has 136 valence electrons. The molecule has 26 heavy (non-hydrogen) atoms. The third kappa shape index (κ3) is 6.46. The molecule has 2 aromatic rings. The van der Waals surface area contributed by atoms with Gasteiger partial charge in [-0.05, 0) is 61.1 Å². The van der Waals surface area contributed by atoms with Gasteiger partial charge in [0.25, 0.3) is 5.91 Å². The molecule has 0 aliphatic heterocycles. The minimum Gasteiger partial charge on any atom is -0.332 e. The molecule has 0 atom stereocenters. The highest BCUT2D eigenvalue weighted by atomic mass is 35.5. The predicted molar refractivity (Wildman–Crippen MR) is 110 cm³/mol. The van der Waals surface area contributed by atoms with Crippen LogP contribution in [0.3, 0.4) is 0 Å². The Morgan fingerprint density at radius 3 is 2.31 bits per heavy atom. The lowest BCUT2D eigenvalue weighted by Gasteiger charge is -2.10. The predicted octanol–water partition coefficient (Wildman–Crippen LogP) is 4.60. The van der Waals surface area contributed by atoms with E-state index < -0.39 is 0 Å². The van der Waals surface area contributed by atoms with Crippen LogP contribution in [-0.4, -0.2) is 16.9 Å². The Kier molecular flexibility index (Phi) is 7.56. The van der Waals surface area contributed by atoms with E-state index >= 15 is 0 Å². The Bertz CT molecular complexity index is 794. The number of halogens is 1.